The molecule has 1 aliphatic carbocycles. The highest BCUT2D eigenvalue weighted by Crippen LogP contribution is 2.37. The van der Waals surface area contributed by atoms with Crippen LogP contribution in [0.3, 0.4) is 0 Å². The molecule has 0 bridgehead atoms. The van der Waals surface area contributed by atoms with Crippen LogP contribution in [0.2, 0.25) is 0 Å². The number of hydrogen-bond acceptors (Lipinski definition) is 3. The van der Waals surface area contributed by atoms with E-state index in [0.717, 1.165) is 25.1 Å². The fraction of sp³-hybridized carbons (Fsp3) is 0.600. The maximum absolute atomic E-state index is 11.2. The van der Waals surface area contributed by atoms with Gasteiger partial charge in [0.25, 0.3) is 5.91 Å². The number of rotatable bonds is 2. The molecule has 15 heavy (non-hydrogen) atoms. The van der Waals surface area contributed by atoms with Gasteiger partial charge in [-0.2, -0.15) is 5.10 Å². The van der Waals surface area contributed by atoms with Crippen LogP contribution in [0.15, 0.2) is 0 Å². The Morgan fingerprint density at radius 1 is 1.53 bits per heavy atom. The first-order valence-electron chi connectivity index (χ1n) is 5.38. The Morgan fingerprint density at radius 2 is 2.33 bits per heavy atom. The Bertz CT molecular complexity index is 419. The summed E-state index contributed by atoms with van der Waals surface area (Å²) < 4.78 is 2.02. The third kappa shape index (κ3) is 1.34. The average molecular weight is 206 g/mol. The Kier molecular flexibility index (Phi) is 1.82. The smallest absolute Gasteiger partial charge is 0.269 e. The van der Waals surface area contributed by atoms with Gasteiger partial charge in [-0.05, 0) is 12.8 Å². The minimum absolute atomic E-state index is 0.408. The highest BCUT2D eigenvalue weighted by Gasteiger charge is 2.31. The van der Waals surface area contributed by atoms with Gasteiger partial charge in [0.1, 0.15) is 0 Å². The normalized spacial score (nSPS) is 20.0. The van der Waals surface area contributed by atoms with Gasteiger partial charge in [0.05, 0.1) is 6.04 Å². The maximum atomic E-state index is 11.2. The monoisotopic (exact) mass is 206 g/mol. The number of aromatic nitrogens is 2. The molecule has 0 saturated heterocycles. The lowest BCUT2D eigenvalue weighted by Crippen LogP contribution is -2.26. The number of primary amides is 1. The van der Waals surface area contributed by atoms with E-state index in [1.807, 2.05) is 4.68 Å². The summed E-state index contributed by atoms with van der Waals surface area (Å²) in [4.78, 5) is 11.2. The van der Waals surface area contributed by atoms with E-state index in [2.05, 4.69) is 10.4 Å². The lowest BCUT2D eigenvalue weighted by molar-refractivity contribution is 0.0993. The zero-order valence-electron chi connectivity index (χ0n) is 8.49. The van der Waals surface area contributed by atoms with Crippen LogP contribution in [0.25, 0.3) is 0 Å². The molecule has 3 rings (SSSR count). The topological polar surface area (TPSA) is 72.9 Å². The van der Waals surface area contributed by atoms with Crippen molar-refractivity contribution in [3.63, 3.8) is 0 Å². The minimum atomic E-state index is -0.408. The summed E-state index contributed by atoms with van der Waals surface area (Å²) in [6.07, 6.45) is 3.31. The third-order valence-electron chi connectivity index (χ3n) is 3.08. The molecule has 1 amide bonds. The van der Waals surface area contributed by atoms with Crippen LogP contribution in [0.4, 0.5) is 0 Å². The van der Waals surface area contributed by atoms with Gasteiger partial charge in [-0.25, -0.2) is 0 Å². The molecule has 5 nitrogen and oxygen atoms in total. The van der Waals surface area contributed by atoms with Crippen molar-refractivity contribution in [3.8, 4) is 0 Å². The van der Waals surface area contributed by atoms with Crippen LogP contribution in [0.5, 0.6) is 0 Å². The number of hydrogen-bond donors (Lipinski definition) is 2. The second kappa shape index (κ2) is 3.06. The fourth-order valence-corrected chi connectivity index (χ4v) is 2.19. The van der Waals surface area contributed by atoms with Crippen molar-refractivity contribution in [2.75, 3.05) is 6.54 Å². The van der Waals surface area contributed by atoms with E-state index >= 15 is 0 Å². The van der Waals surface area contributed by atoms with Gasteiger partial charge in [0, 0.05) is 30.8 Å². The standard InChI is InChI=1S/C10H14N4O/c11-10(15)9-7-5-12-4-3-8(7)14(13-9)6-1-2-6/h6,12H,1-5H2,(H2,11,15). The van der Waals surface area contributed by atoms with E-state index in [0.29, 0.717) is 11.7 Å². The molecule has 80 valence electrons. The quantitative estimate of drug-likeness (QED) is 0.713. The van der Waals surface area contributed by atoms with Crippen LogP contribution in [0, 0.1) is 0 Å². The summed E-state index contributed by atoms with van der Waals surface area (Å²) in [6.45, 7) is 1.68. The van der Waals surface area contributed by atoms with Crippen LogP contribution in [0.1, 0.15) is 40.6 Å². The fourth-order valence-electron chi connectivity index (χ4n) is 2.19. The number of carbonyl (C=O) groups excluding carboxylic acids is 1. The Morgan fingerprint density at radius 3 is 3.00 bits per heavy atom. The lowest BCUT2D eigenvalue weighted by atomic mass is 10.1. The number of nitrogens with two attached hydrogens (primary N) is 1. The second-order valence-corrected chi connectivity index (χ2v) is 4.24. The van der Waals surface area contributed by atoms with Crippen molar-refractivity contribution in [1.82, 2.24) is 15.1 Å². The maximum Gasteiger partial charge on any atom is 0.269 e. The number of nitrogens with one attached hydrogen (secondary N) is 1. The zero-order chi connectivity index (χ0) is 10.4. The number of fused-ring (bicyclic) bond motifs is 1. The predicted octanol–water partition coefficient (Wildman–Crippen LogP) is -0.0374. The highest BCUT2D eigenvalue weighted by atomic mass is 16.1. The van der Waals surface area contributed by atoms with Gasteiger partial charge in [-0.1, -0.05) is 0 Å². The van der Waals surface area contributed by atoms with E-state index < -0.39 is 5.91 Å². The number of carbonyl (C=O) groups is 1. The molecule has 1 fully saturated rings. The molecule has 3 N–H and O–H groups in total. The number of nitrogens with zero attached hydrogens (tertiary/aromatic N) is 2. The zero-order valence-corrected chi connectivity index (χ0v) is 8.49. The molecule has 5 heteroatoms. The first kappa shape index (κ1) is 8.91. The van der Waals surface area contributed by atoms with Gasteiger partial charge < -0.3 is 11.1 Å². The summed E-state index contributed by atoms with van der Waals surface area (Å²) >= 11 is 0. The van der Waals surface area contributed by atoms with Crippen LogP contribution < -0.4 is 11.1 Å². The third-order valence-corrected chi connectivity index (χ3v) is 3.08. The van der Waals surface area contributed by atoms with Crippen molar-refractivity contribution in [3.05, 3.63) is 17.0 Å². The van der Waals surface area contributed by atoms with Crippen molar-refractivity contribution in [2.45, 2.75) is 31.8 Å². The van der Waals surface area contributed by atoms with E-state index in [9.17, 15) is 4.79 Å². The lowest BCUT2D eigenvalue weighted by Gasteiger charge is -2.14. The van der Waals surface area contributed by atoms with Crippen molar-refractivity contribution >= 4 is 5.91 Å². The Hall–Kier alpha value is -1.36. The molecular weight excluding hydrogens is 192 g/mol. The molecule has 2 aliphatic rings. The first-order valence-corrected chi connectivity index (χ1v) is 5.38. The predicted molar refractivity (Wildman–Crippen MR) is 54.4 cm³/mol. The summed E-state index contributed by atoms with van der Waals surface area (Å²) in [5.74, 6) is -0.408. The van der Waals surface area contributed by atoms with Gasteiger partial charge in [0.2, 0.25) is 0 Å². The minimum Gasteiger partial charge on any atom is -0.364 e. The molecule has 0 aromatic carbocycles. The second-order valence-electron chi connectivity index (χ2n) is 4.24. The van der Waals surface area contributed by atoms with Gasteiger partial charge in [0.15, 0.2) is 5.69 Å². The summed E-state index contributed by atoms with van der Waals surface area (Å²) in [5, 5.41) is 7.60. The van der Waals surface area contributed by atoms with E-state index in [-0.39, 0.29) is 0 Å². The SMILES string of the molecule is NC(=O)c1nn(C2CC2)c2c1CNCC2. The van der Waals surface area contributed by atoms with Crippen molar-refractivity contribution in [2.24, 2.45) is 5.73 Å². The highest BCUT2D eigenvalue weighted by molar-refractivity contribution is 5.92. The summed E-state index contributed by atoms with van der Waals surface area (Å²) in [5.41, 5.74) is 8.02. The molecular formula is C10H14N4O. The van der Waals surface area contributed by atoms with Gasteiger partial charge >= 0.3 is 0 Å². The van der Waals surface area contributed by atoms with E-state index in [1.54, 1.807) is 0 Å². The van der Waals surface area contributed by atoms with Crippen molar-refractivity contribution < 1.29 is 4.79 Å². The molecule has 1 saturated carbocycles. The van der Waals surface area contributed by atoms with Gasteiger partial charge in [-0.3, -0.25) is 9.48 Å². The summed E-state index contributed by atoms with van der Waals surface area (Å²) in [6, 6.07) is 0.518. The molecule has 0 atom stereocenters. The number of amides is 1. The first-order chi connectivity index (χ1) is 7.27. The molecule has 1 aliphatic heterocycles. The largest absolute Gasteiger partial charge is 0.364 e. The molecule has 2 heterocycles. The molecule has 1 aromatic rings. The molecule has 0 spiro atoms. The summed E-state index contributed by atoms with van der Waals surface area (Å²) in [7, 11) is 0. The van der Waals surface area contributed by atoms with Crippen LogP contribution in [-0.4, -0.2) is 22.2 Å². The Labute approximate surface area is 87.6 Å². The average Bonchev–Trinajstić information content (AvgIpc) is 2.99. The molecule has 0 unspecified atom stereocenters. The molecule has 1 aromatic heterocycles. The van der Waals surface area contributed by atoms with Crippen molar-refractivity contribution in [1.29, 1.82) is 0 Å². The Balaban J connectivity index is 2.11. The molecule has 0 radical (unpaired) electrons. The van der Waals surface area contributed by atoms with Crippen LogP contribution in [-0.2, 0) is 13.0 Å². The van der Waals surface area contributed by atoms with Crippen LogP contribution >= 0.6 is 0 Å². The van der Waals surface area contributed by atoms with Gasteiger partial charge in [-0.15, -0.1) is 0 Å². The van der Waals surface area contributed by atoms with E-state index in [4.69, 9.17) is 5.73 Å². The van der Waals surface area contributed by atoms with E-state index in [1.165, 1.54) is 18.5 Å².